The maximum atomic E-state index is 14.1. The molecule has 2 fully saturated rings. The standard InChI is InChI=1S/C28H33F2N5O3S/c1-39(37,38)33-24-9-5-6-10-25(24)35-18-32-26(27(35)20-7-3-2-4-8-20)28(36)34-12-11-31-17-23(34)15-19-13-21(29)16-22(30)14-19/h2-4,7-8,13-14,16,18,23-25,31,33H,5-6,9-12,15,17H2,1H3/t23?,24-,25-/m0/s1. The van der Waals surface area contributed by atoms with Gasteiger partial charge in [-0.15, -0.1) is 0 Å². The highest BCUT2D eigenvalue weighted by molar-refractivity contribution is 7.88. The van der Waals surface area contributed by atoms with Crippen molar-refractivity contribution in [2.75, 3.05) is 25.9 Å². The molecular weight excluding hydrogens is 524 g/mol. The molecular formula is C28H33F2N5O3S. The summed E-state index contributed by atoms with van der Waals surface area (Å²) in [7, 11) is -3.43. The Balaban J connectivity index is 1.51. The van der Waals surface area contributed by atoms with Crippen molar-refractivity contribution in [2.24, 2.45) is 0 Å². The molecule has 3 atom stereocenters. The average Bonchev–Trinajstić information content (AvgIpc) is 3.33. The minimum absolute atomic E-state index is 0.202. The van der Waals surface area contributed by atoms with Gasteiger partial charge in [0.25, 0.3) is 5.91 Å². The Labute approximate surface area is 227 Å². The second kappa shape index (κ2) is 11.5. The van der Waals surface area contributed by atoms with Crippen LogP contribution in [-0.4, -0.2) is 66.7 Å². The summed E-state index contributed by atoms with van der Waals surface area (Å²) >= 11 is 0. The van der Waals surface area contributed by atoms with E-state index < -0.39 is 21.7 Å². The van der Waals surface area contributed by atoms with E-state index in [4.69, 9.17) is 0 Å². The van der Waals surface area contributed by atoms with Crippen molar-refractivity contribution in [3.8, 4) is 11.3 Å². The number of carbonyl (C=O) groups excluding carboxylic acids is 1. The molecule has 2 aliphatic rings. The molecule has 11 heteroatoms. The second-order valence-electron chi connectivity index (χ2n) is 10.4. The van der Waals surface area contributed by atoms with E-state index in [1.165, 1.54) is 12.1 Å². The number of amides is 1. The number of sulfonamides is 1. The highest BCUT2D eigenvalue weighted by atomic mass is 32.2. The summed E-state index contributed by atoms with van der Waals surface area (Å²) in [6.45, 7) is 1.49. The van der Waals surface area contributed by atoms with E-state index in [-0.39, 0.29) is 36.1 Å². The number of nitrogens with one attached hydrogen (secondary N) is 2. The van der Waals surface area contributed by atoms with Crippen molar-refractivity contribution in [3.63, 3.8) is 0 Å². The van der Waals surface area contributed by atoms with Crippen molar-refractivity contribution in [3.05, 3.63) is 77.8 Å². The van der Waals surface area contributed by atoms with Crippen molar-refractivity contribution < 1.29 is 22.0 Å². The molecule has 1 aromatic heterocycles. The van der Waals surface area contributed by atoms with E-state index in [1.807, 2.05) is 34.9 Å². The topological polar surface area (TPSA) is 96.3 Å². The fraction of sp³-hybridized carbons (Fsp3) is 0.429. The first-order valence-corrected chi connectivity index (χ1v) is 15.1. The molecule has 39 heavy (non-hydrogen) atoms. The van der Waals surface area contributed by atoms with E-state index in [2.05, 4.69) is 15.0 Å². The smallest absolute Gasteiger partial charge is 0.275 e. The van der Waals surface area contributed by atoms with Crippen molar-refractivity contribution in [1.82, 2.24) is 24.5 Å². The Bertz CT molecular complexity index is 1410. The molecule has 5 rings (SSSR count). The fourth-order valence-corrected chi connectivity index (χ4v) is 6.68. The van der Waals surface area contributed by atoms with Crippen LogP contribution in [0, 0.1) is 11.6 Å². The van der Waals surface area contributed by atoms with Crippen LogP contribution in [0.5, 0.6) is 0 Å². The first-order valence-electron chi connectivity index (χ1n) is 13.3. The quantitative estimate of drug-likeness (QED) is 0.464. The molecule has 0 bridgehead atoms. The third-order valence-corrected chi connectivity index (χ3v) is 8.23. The molecule has 1 unspecified atom stereocenters. The molecule has 3 aromatic rings. The summed E-state index contributed by atoms with van der Waals surface area (Å²) < 4.78 is 56.7. The largest absolute Gasteiger partial charge is 0.331 e. The number of nitrogens with zero attached hydrogens (tertiary/aromatic N) is 3. The first kappa shape index (κ1) is 27.4. The molecule has 1 aliphatic heterocycles. The predicted molar refractivity (Wildman–Crippen MR) is 145 cm³/mol. The van der Waals surface area contributed by atoms with Gasteiger partial charge in [-0.05, 0) is 37.0 Å². The number of rotatable bonds is 7. The maximum absolute atomic E-state index is 14.1. The minimum atomic E-state index is -3.43. The third-order valence-electron chi connectivity index (χ3n) is 7.50. The van der Waals surface area contributed by atoms with Gasteiger partial charge in [0.15, 0.2) is 5.69 Å². The molecule has 2 aromatic carbocycles. The summed E-state index contributed by atoms with van der Waals surface area (Å²) in [5, 5.41) is 3.28. The zero-order valence-electron chi connectivity index (χ0n) is 21.8. The summed E-state index contributed by atoms with van der Waals surface area (Å²) in [5.41, 5.74) is 2.20. The van der Waals surface area contributed by atoms with Crippen LogP contribution >= 0.6 is 0 Å². The number of aromatic nitrogens is 2. The predicted octanol–water partition coefficient (Wildman–Crippen LogP) is 3.52. The highest BCUT2D eigenvalue weighted by Crippen LogP contribution is 2.35. The Morgan fingerprint density at radius 3 is 2.54 bits per heavy atom. The normalized spacial score (nSPS) is 22.1. The van der Waals surface area contributed by atoms with E-state index in [9.17, 15) is 22.0 Å². The molecule has 0 spiro atoms. The summed E-state index contributed by atoms with van der Waals surface area (Å²) in [4.78, 5) is 20.4. The van der Waals surface area contributed by atoms with Crippen LogP contribution in [0.1, 0.15) is 47.8 Å². The second-order valence-corrected chi connectivity index (χ2v) is 12.2. The lowest BCUT2D eigenvalue weighted by molar-refractivity contribution is 0.0631. The van der Waals surface area contributed by atoms with E-state index >= 15 is 0 Å². The van der Waals surface area contributed by atoms with Gasteiger partial charge in [-0.25, -0.2) is 26.9 Å². The zero-order chi connectivity index (χ0) is 27.6. The van der Waals surface area contributed by atoms with Crippen molar-refractivity contribution >= 4 is 15.9 Å². The van der Waals surface area contributed by atoms with Crippen LogP contribution < -0.4 is 10.0 Å². The Kier molecular flexibility index (Phi) is 8.11. The maximum Gasteiger partial charge on any atom is 0.275 e. The van der Waals surface area contributed by atoms with Gasteiger partial charge in [0.1, 0.15) is 11.6 Å². The van der Waals surface area contributed by atoms with Crippen LogP contribution in [0.15, 0.2) is 54.9 Å². The number of carbonyl (C=O) groups is 1. The molecule has 1 saturated heterocycles. The van der Waals surface area contributed by atoms with Crippen LogP contribution in [0.2, 0.25) is 0 Å². The molecule has 0 radical (unpaired) electrons. The monoisotopic (exact) mass is 557 g/mol. The lowest BCUT2D eigenvalue weighted by atomic mass is 9.90. The minimum Gasteiger partial charge on any atom is -0.331 e. The molecule has 8 nitrogen and oxygen atoms in total. The lowest BCUT2D eigenvalue weighted by Crippen LogP contribution is -2.54. The Hall–Kier alpha value is -3.15. The Morgan fingerprint density at radius 2 is 1.82 bits per heavy atom. The number of imidazole rings is 1. The molecule has 208 valence electrons. The number of halogens is 2. The van der Waals surface area contributed by atoms with Crippen LogP contribution in [0.3, 0.4) is 0 Å². The number of hydrogen-bond donors (Lipinski definition) is 2. The summed E-state index contributed by atoms with van der Waals surface area (Å²) in [6.07, 6.45) is 6.38. The molecule has 1 amide bonds. The van der Waals surface area contributed by atoms with Gasteiger partial charge in [0.2, 0.25) is 10.0 Å². The van der Waals surface area contributed by atoms with Crippen molar-refractivity contribution in [2.45, 2.75) is 50.2 Å². The van der Waals surface area contributed by atoms with Crippen LogP contribution in [0.25, 0.3) is 11.3 Å². The highest BCUT2D eigenvalue weighted by Gasteiger charge is 2.35. The third kappa shape index (κ3) is 6.37. The van der Waals surface area contributed by atoms with Gasteiger partial charge in [0.05, 0.1) is 24.3 Å². The van der Waals surface area contributed by atoms with Crippen molar-refractivity contribution in [1.29, 1.82) is 0 Å². The first-order chi connectivity index (χ1) is 18.7. The van der Waals surface area contributed by atoms with E-state index in [0.717, 1.165) is 37.1 Å². The lowest BCUT2D eigenvalue weighted by Gasteiger charge is -2.36. The van der Waals surface area contributed by atoms with Crippen LogP contribution in [0.4, 0.5) is 8.78 Å². The summed E-state index contributed by atoms with van der Waals surface area (Å²) in [6, 6.07) is 12.1. The molecule has 1 saturated carbocycles. The molecule has 2 heterocycles. The van der Waals surface area contributed by atoms with Gasteiger partial charge >= 0.3 is 0 Å². The average molecular weight is 558 g/mol. The van der Waals surface area contributed by atoms with Crippen LogP contribution in [-0.2, 0) is 16.4 Å². The SMILES string of the molecule is CS(=O)(=O)N[C@H]1CCCC[C@@H]1n1cnc(C(=O)N2CCNCC2Cc2cc(F)cc(F)c2)c1-c1ccccc1. The van der Waals surface area contributed by atoms with Gasteiger partial charge in [0, 0.05) is 43.3 Å². The molecule has 1 aliphatic carbocycles. The Morgan fingerprint density at radius 1 is 1.10 bits per heavy atom. The number of hydrogen-bond acceptors (Lipinski definition) is 5. The van der Waals surface area contributed by atoms with Gasteiger partial charge < -0.3 is 14.8 Å². The fourth-order valence-electron chi connectivity index (χ4n) is 5.86. The van der Waals surface area contributed by atoms with Gasteiger partial charge in [-0.2, -0.15) is 0 Å². The van der Waals surface area contributed by atoms with Gasteiger partial charge in [-0.1, -0.05) is 43.2 Å². The number of benzene rings is 2. The van der Waals surface area contributed by atoms with Gasteiger partial charge in [-0.3, -0.25) is 4.79 Å². The van der Waals surface area contributed by atoms with E-state index in [0.29, 0.717) is 37.3 Å². The van der Waals surface area contributed by atoms with E-state index in [1.54, 1.807) is 11.2 Å². The number of piperazine rings is 1. The molecule has 2 N–H and O–H groups in total. The zero-order valence-corrected chi connectivity index (χ0v) is 22.6. The summed E-state index contributed by atoms with van der Waals surface area (Å²) in [5.74, 6) is -1.57.